The number of carbonyl (C=O) groups excluding carboxylic acids is 1. The summed E-state index contributed by atoms with van der Waals surface area (Å²) in [7, 11) is -1.51. The fourth-order valence-corrected chi connectivity index (χ4v) is 5.63. The molecular formula is C22H28O2SSi. The Morgan fingerprint density at radius 3 is 2.19 bits per heavy atom. The molecule has 0 aromatic heterocycles. The summed E-state index contributed by atoms with van der Waals surface area (Å²) in [5.74, 6) is 0.599. The van der Waals surface area contributed by atoms with Crippen LogP contribution in [0.25, 0.3) is 6.08 Å². The lowest BCUT2D eigenvalue weighted by Gasteiger charge is -2.21. The van der Waals surface area contributed by atoms with Crippen LogP contribution in [0.15, 0.2) is 65.2 Å². The minimum absolute atomic E-state index is 0.142. The van der Waals surface area contributed by atoms with Crippen molar-refractivity contribution in [1.82, 2.24) is 0 Å². The Morgan fingerprint density at radius 1 is 1.04 bits per heavy atom. The number of carbonyl (C=O) groups is 1. The first kappa shape index (κ1) is 20.7. The highest BCUT2D eigenvalue weighted by molar-refractivity contribution is 8.06. The van der Waals surface area contributed by atoms with E-state index in [9.17, 15) is 4.79 Å². The summed E-state index contributed by atoms with van der Waals surface area (Å²) in [6.45, 7) is 9.26. The molecule has 0 fully saturated rings. The van der Waals surface area contributed by atoms with E-state index in [0.29, 0.717) is 12.4 Å². The lowest BCUT2D eigenvalue weighted by Crippen LogP contribution is -2.26. The highest BCUT2D eigenvalue weighted by atomic mass is 32.2. The van der Waals surface area contributed by atoms with E-state index in [1.54, 1.807) is 11.8 Å². The van der Waals surface area contributed by atoms with Gasteiger partial charge in [-0.05, 0) is 28.7 Å². The second kappa shape index (κ2) is 9.90. The third-order valence-electron chi connectivity index (χ3n) is 4.00. The Hall–Kier alpha value is -1.62. The molecular weight excluding hydrogens is 356 g/mol. The van der Waals surface area contributed by atoms with Gasteiger partial charge in [0.25, 0.3) is 0 Å². The molecule has 138 valence electrons. The Kier molecular flexibility index (Phi) is 7.88. The van der Waals surface area contributed by atoms with Gasteiger partial charge >= 0.3 is 0 Å². The Morgan fingerprint density at radius 2 is 1.62 bits per heavy atom. The normalized spacial score (nSPS) is 13.5. The fourth-order valence-electron chi connectivity index (χ4n) is 2.33. The van der Waals surface area contributed by atoms with Crippen LogP contribution in [0.4, 0.5) is 0 Å². The zero-order valence-corrected chi connectivity index (χ0v) is 17.9. The molecule has 0 heterocycles. The zero-order valence-electron chi connectivity index (χ0n) is 16.1. The first-order valence-corrected chi connectivity index (χ1v) is 13.4. The molecule has 0 saturated heterocycles. The quantitative estimate of drug-likeness (QED) is 0.510. The van der Waals surface area contributed by atoms with Crippen LogP contribution in [-0.2, 0) is 16.1 Å². The van der Waals surface area contributed by atoms with E-state index in [1.165, 1.54) is 10.1 Å². The van der Waals surface area contributed by atoms with E-state index in [0.717, 1.165) is 5.56 Å². The van der Waals surface area contributed by atoms with Crippen LogP contribution in [0, 0.1) is 0 Å². The van der Waals surface area contributed by atoms with Crippen molar-refractivity contribution in [3.8, 4) is 0 Å². The lowest BCUT2D eigenvalue weighted by molar-refractivity contribution is -0.127. The number of hydrogen-bond donors (Lipinski definition) is 0. The van der Waals surface area contributed by atoms with E-state index < -0.39 is 8.07 Å². The molecule has 0 saturated carbocycles. The number of rotatable bonds is 9. The molecule has 2 rings (SSSR count). The predicted molar refractivity (Wildman–Crippen MR) is 116 cm³/mol. The Balaban J connectivity index is 1.93. The van der Waals surface area contributed by atoms with Gasteiger partial charge < -0.3 is 4.74 Å². The standard InChI is InChI=1S/C22H28O2SSi/c1-18(24-16-20-13-9-6-10-14-20)21(23)17-25-22(26(2,3)4)15-19-11-7-5-8-12-19/h5-15,18H,16-17H2,1-4H3/b22-15+. The first-order valence-electron chi connectivity index (χ1n) is 8.94. The van der Waals surface area contributed by atoms with Gasteiger partial charge in [0.05, 0.1) is 20.4 Å². The molecule has 4 heteroatoms. The molecule has 0 aliphatic carbocycles. The summed E-state index contributed by atoms with van der Waals surface area (Å²) in [4.78, 5) is 12.5. The minimum atomic E-state index is -1.51. The van der Waals surface area contributed by atoms with Crippen molar-refractivity contribution in [1.29, 1.82) is 0 Å². The van der Waals surface area contributed by atoms with Gasteiger partial charge in [0.1, 0.15) is 6.10 Å². The number of ketones is 1. The average molecular weight is 385 g/mol. The van der Waals surface area contributed by atoms with Gasteiger partial charge in [0.15, 0.2) is 5.78 Å². The zero-order chi connectivity index (χ0) is 19.0. The molecule has 0 aliphatic rings. The van der Waals surface area contributed by atoms with Crippen LogP contribution in [0.1, 0.15) is 18.1 Å². The van der Waals surface area contributed by atoms with Crippen molar-refractivity contribution >= 4 is 31.7 Å². The molecule has 0 radical (unpaired) electrons. The fraction of sp³-hybridized carbons (Fsp3) is 0.318. The van der Waals surface area contributed by atoms with Gasteiger partial charge in [-0.3, -0.25) is 4.79 Å². The summed E-state index contributed by atoms with van der Waals surface area (Å²) < 4.78 is 7.10. The van der Waals surface area contributed by atoms with Crippen LogP contribution >= 0.6 is 11.8 Å². The summed E-state index contributed by atoms with van der Waals surface area (Å²) >= 11 is 1.67. The summed E-state index contributed by atoms with van der Waals surface area (Å²) in [6, 6.07) is 20.3. The lowest BCUT2D eigenvalue weighted by atomic mass is 10.2. The molecule has 2 nitrogen and oxygen atoms in total. The monoisotopic (exact) mass is 384 g/mol. The molecule has 0 aliphatic heterocycles. The van der Waals surface area contributed by atoms with Crippen LogP contribution < -0.4 is 0 Å². The molecule has 26 heavy (non-hydrogen) atoms. The molecule has 0 amide bonds. The van der Waals surface area contributed by atoms with Gasteiger partial charge in [-0.25, -0.2) is 0 Å². The van der Waals surface area contributed by atoms with Crippen molar-refractivity contribution in [2.75, 3.05) is 5.75 Å². The van der Waals surface area contributed by atoms with E-state index in [-0.39, 0.29) is 11.9 Å². The topological polar surface area (TPSA) is 26.3 Å². The van der Waals surface area contributed by atoms with Crippen molar-refractivity contribution in [2.24, 2.45) is 0 Å². The van der Waals surface area contributed by atoms with Crippen LogP contribution in [0.2, 0.25) is 19.6 Å². The Bertz CT molecular complexity index is 721. The first-order chi connectivity index (χ1) is 12.4. The van der Waals surface area contributed by atoms with Crippen molar-refractivity contribution in [2.45, 2.75) is 39.3 Å². The number of ether oxygens (including phenoxy) is 1. The smallest absolute Gasteiger partial charge is 0.171 e. The molecule has 2 aromatic carbocycles. The third-order valence-corrected chi connectivity index (χ3v) is 8.75. The van der Waals surface area contributed by atoms with Gasteiger partial charge in [-0.1, -0.05) is 80.3 Å². The second-order valence-electron chi connectivity index (χ2n) is 7.36. The van der Waals surface area contributed by atoms with Crippen molar-refractivity contribution in [3.05, 3.63) is 76.3 Å². The van der Waals surface area contributed by atoms with Gasteiger partial charge in [0, 0.05) is 0 Å². The molecule has 2 aromatic rings. The van der Waals surface area contributed by atoms with E-state index in [2.05, 4.69) is 37.8 Å². The summed E-state index contributed by atoms with van der Waals surface area (Å²) in [5.41, 5.74) is 2.28. The molecule has 1 unspecified atom stereocenters. The van der Waals surface area contributed by atoms with E-state index in [4.69, 9.17) is 4.74 Å². The van der Waals surface area contributed by atoms with Gasteiger partial charge in [0.2, 0.25) is 0 Å². The number of hydrogen-bond acceptors (Lipinski definition) is 3. The van der Waals surface area contributed by atoms with Crippen molar-refractivity contribution in [3.63, 3.8) is 0 Å². The summed E-state index contributed by atoms with van der Waals surface area (Å²) in [6.07, 6.45) is 1.85. The number of benzene rings is 2. The highest BCUT2D eigenvalue weighted by Crippen LogP contribution is 2.29. The van der Waals surface area contributed by atoms with Gasteiger partial charge in [-0.2, -0.15) is 0 Å². The van der Waals surface area contributed by atoms with Gasteiger partial charge in [-0.15, -0.1) is 11.8 Å². The minimum Gasteiger partial charge on any atom is -0.366 e. The number of Topliss-reactive ketones (excluding diaryl/α,β-unsaturated/α-hetero) is 1. The maximum atomic E-state index is 12.5. The second-order valence-corrected chi connectivity index (χ2v) is 13.8. The molecule has 0 N–H and O–H groups in total. The van der Waals surface area contributed by atoms with Crippen LogP contribution in [0.3, 0.4) is 0 Å². The summed E-state index contributed by atoms with van der Waals surface area (Å²) in [5, 5.41) is 0. The predicted octanol–water partition coefficient (Wildman–Crippen LogP) is 5.81. The Labute approximate surface area is 162 Å². The molecule has 0 bridgehead atoms. The molecule has 1 atom stereocenters. The maximum Gasteiger partial charge on any atom is 0.171 e. The maximum absolute atomic E-state index is 12.5. The third kappa shape index (κ3) is 6.94. The van der Waals surface area contributed by atoms with E-state index >= 15 is 0 Å². The van der Waals surface area contributed by atoms with E-state index in [1.807, 2.05) is 55.5 Å². The van der Waals surface area contributed by atoms with Crippen LogP contribution in [0.5, 0.6) is 0 Å². The molecule has 0 spiro atoms. The highest BCUT2D eigenvalue weighted by Gasteiger charge is 2.22. The average Bonchev–Trinajstić information content (AvgIpc) is 2.63. The largest absolute Gasteiger partial charge is 0.366 e. The SMILES string of the molecule is CC(OCc1ccccc1)C(=O)CS/C(=C\c1ccccc1)[Si](C)(C)C. The van der Waals surface area contributed by atoms with Crippen molar-refractivity contribution < 1.29 is 9.53 Å². The number of thioether (sulfide) groups is 1. The van der Waals surface area contributed by atoms with Crippen LogP contribution in [-0.4, -0.2) is 25.7 Å².